The Labute approximate surface area is 166 Å². The van der Waals surface area contributed by atoms with E-state index in [1.165, 1.54) is 18.3 Å². The Kier molecular flexibility index (Phi) is 5.78. The maximum atomic E-state index is 12.0. The van der Waals surface area contributed by atoms with E-state index in [1.54, 1.807) is 29.8 Å². The number of benzene rings is 2. The molecule has 0 bridgehead atoms. The number of aromatic hydroxyl groups is 1. The Morgan fingerprint density at radius 2 is 2.04 bits per heavy atom. The molecule has 3 aromatic rings. The van der Waals surface area contributed by atoms with Crippen LogP contribution in [0.25, 0.3) is 0 Å². The average molecular weight is 403 g/mol. The van der Waals surface area contributed by atoms with Crippen LogP contribution in [0.15, 0.2) is 53.6 Å². The van der Waals surface area contributed by atoms with E-state index >= 15 is 0 Å². The fraction of sp³-hybridized carbons (Fsp3) is 0.105. The van der Waals surface area contributed by atoms with E-state index in [2.05, 4.69) is 15.6 Å². The first-order valence-corrected chi connectivity index (χ1v) is 8.80. The molecule has 138 valence electrons. The van der Waals surface area contributed by atoms with Gasteiger partial charge in [-0.3, -0.25) is 4.79 Å². The van der Waals surface area contributed by atoms with Gasteiger partial charge in [0.1, 0.15) is 10.9 Å². The fourth-order valence-corrected chi connectivity index (χ4v) is 2.95. The molecule has 0 aliphatic heterocycles. The number of amides is 1. The molecule has 0 saturated carbocycles. The van der Waals surface area contributed by atoms with Gasteiger partial charge in [0.25, 0.3) is 5.91 Å². The molecule has 0 fully saturated rings. The van der Waals surface area contributed by atoms with E-state index in [4.69, 9.17) is 23.2 Å². The summed E-state index contributed by atoms with van der Waals surface area (Å²) < 4.78 is 1.62. The van der Waals surface area contributed by atoms with Crippen LogP contribution in [-0.4, -0.2) is 27.0 Å². The number of hydrazone groups is 1. The molecule has 27 heavy (non-hydrogen) atoms. The molecular weight excluding hydrogens is 387 g/mol. The minimum absolute atomic E-state index is 0.00590. The summed E-state index contributed by atoms with van der Waals surface area (Å²) >= 11 is 12.6. The zero-order valence-electron chi connectivity index (χ0n) is 14.4. The molecule has 2 aromatic carbocycles. The van der Waals surface area contributed by atoms with Crippen molar-refractivity contribution >= 4 is 35.3 Å². The smallest absolute Gasteiger partial charge is 0.271 e. The zero-order valence-corrected chi connectivity index (χ0v) is 15.9. The lowest BCUT2D eigenvalue weighted by atomic mass is 10.2. The van der Waals surface area contributed by atoms with Crippen LogP contribution in [0.3, 0.4) is 0 Å². The maximum Gasteiger partial charge on any atom is 0.271 e. The van der Waals surface area contributed by atoms with Gasteiger partial charge in [-0.1, -0.05) is 47.5 Å². The van der Waals surface area contributed by atoms with Gasteiger partial charge in [0, 0.05) is 10.6 Å². The lowest BCUT2D eigenvalue weighted by molar-refractivity contribution is 0.0954. The quantitative estimate of drug-likeness (QED) is 0.499. The molecule has 8 heteroatoms. The fourth-order valence-electron chi connectivity index (χ4n) is 2.47. The molecule has 0 aliphatic carbocycles. The van der Waals surface area contributed by atoms with Crippen molar-refractivity contribution in [1.29, 1.82) is 0 Å². The van der Waals surface area contributed by atoms with Gasteiger partial charge in [-0.15, -0.1) is 0 Å². The van der Waals surface area contributed by atoms with Gasteiger partial charge in [-0.05, 0) is 36.8 Å². The topological polar surface area (TPSA) is 79.5 Å². The third-order valence-corrected chi connectivity index (χ3v) is 4.62. The monoisotopic (exact) mass is 402 g/mol. The van der Waals surface area contributed by atoms with Crippen molar-refractivity contribution in [3.8, 4) is 5.75 Å². The summed E-state index contributed by atoms with van der Waals surface area (Å²) in [6, 6.07) is 13.4. The van der Waals surface area contributed by atoms with Crippen molar-refractivity contribution in [2.24, 2.45) is 5.10 Å². The summed E-state index contributed by atoms with van der Waals surface area (Å²) in [5, 5.41) is 18.8. The van der Waals surface area contributed by atoms with E-state index < -0.39 is 5.91 Å². The van der Waals surface area contributed by atoms with E-state index in [9.17, 15) is 9.90 Å². The number of phenols is 1. The summed E-state index contributed by atoms with van der Waals surface area (Å²) in [7, 11) is 0. The highest BCUT2D eigenvalue weighted by Gasteiger charge is 2.13. The normalized spacial score (nSPS) is 11.1. The summed E-state index contributed by atoms with van der Waals surface area (Å²) in [4.78, 5) is 12.0. The zero-order chi connectivity index (χ0) is 19.4. The number of hydrogen-bond acceptors (Lipinski definition) is 4. The minimum atomic E-state index is -0.445. The van der Waals surface area contributed by atoms with Gasteiger partial charge in [0.15, 0.2) is 0 Å². The summed E-state index contributed by atoms with van der Waals surface area (Å²) in [5.41, 5.74) is 4.85. The van der Waals surface area contributed by atoms with Crippen molar-refractivity contribution in [1.82, 2.24) is 15.2 Å². The maximum absolute atomic E-state index is 12.0. The number of phenolic OH excluding ortho intramolecular Hbond substituents is 1. The number of aromatic nitrogens is 2. The highest BCUT2D eigenvalue weighted by atomic mass is 35.5. The van der Waals surface area contributed by atoms with Crippen molar-refractivity contribution in [3.05, 3.63) is 81.1 Å². The van der Waals surface area contributed by atoms with Crippen LogP contribution in [0, 0.1) is 6.92 Å². The number of nitrogens with zero attached hydrogens (tertiary/aromatic N) is 3. The number of nitrogens with one attached hydrogen (secondary N) is 1. The molecule has 0 spiro atoms. The number of carbonyl (C=O) groups excluding carboxylic acids is 1. The van der Waals surface area contributed by atoms with Crippen LogP contribution in [0.2, 0.25) is 10.2 Å². The van der Waals surface area contributed by atoms with Crippen molar-refractivity contribution in [2.45, 2.75) is 13.5 Å². The molecule has 6 nitrogen and oxygen atoms in total. The predicted molar refractivity (Wildman–Crippen MR) is 106 cm³/mol. The number of halogens is 2. The van der Waals surface area contributed by atoms with E-state index in [0.717, 1.165) is 5.56 Å². The van der Waals surface area contributed by atoms with Crippen molar-refractivity contribution in [2.75, 3.05) is 0 Å². The molecule has 0 radical (unpaired) electrons. The molecule has 1 amide bonds. The van der Waals surface area contributed by atoms with Gasteiger partial charge in [0.2, 0.25) is 0 Å². The molecule has 0 unspecified atom stereocenters. The molecular formula is C19H16Cl2N4O2. The lowest BCUT2D eigenvalue weighted by Crippen LogP contribution is -2.17. The van der Waals surface area contributed by atoms with Crippen LogP contribution in [0.5, 0.6) is 5.75 Å². The van der Waals surface area contributed by atoms with Gasteiger partial charge >= 0.3 is 0 Å². The van der Waals surface area contributed by atoms with Crippen LogP contribution in [-0.2, 0) is 6.54 Å². The summed E-state index contributed by atoms with van der Waals surface area (Å²) in [5.74, 6) is -0.439. The Hall–Kier alpha value is -2.83. The Balaban J connectivity index is 1.74. The second kappa shape index (κ2) is 8.24. The molecule has 0 aliphatic rings. The van der Waals surface area contributed by atoms with Gasteiger partial charge in [-0.2, -0.15) is 10.2 Å². The molecule has 2 N–H and O–H groups in total. The van der Waals surface area contributed by atoms with Gasteiger partial charge < -0.3 is 5.11 Å². The lowest BCUT2D eigenvalue weighted by Gasteiger charge is -2.05. The number of carbonyl (C=O) groups is 1. The third-order valence-electron chi connectivity index (χ3n) is 3.86. The largest absolute Gasteiger partial charge is 0.508 e. The predicted octanol–water partition coefficient (Wildman–Crippen LogP) is 4.02. The number of rotatable bonds is 5. The van der Waals surface area contributed by atoms with Crippen LogP contribution < -0.4 is 5.43 Å². The Morgan fingerprint density at radius 1 is 1.26 bits per heavy atom. The summed E-state index contributed by atoms with van der Waals surface area (Å²) in [6.07, 6.45) is 1.44. The number of aryl methyl sites for hydroxylation is 1. The van der Waals surface area contributed by atoms with Gasteiger partial charge in [0.05, 0.1) is 24.0 Å². The van der Waals surface area contributed by atoms with Crippen LogP contribution in [0.1, 0.15) is 27.2 Å². The van der Waals surface area contributed by atoms with Crippen molar-refractivity contribution < 1.29 is 9.90 Å². The Morgan fingerprint density at radius 3 is 2.78 bits per heavy atom. The SMILES string of the molecule is Cc1nn(Cc2ccccc2Cl)c(Cl)c1/C=N\NC(=O)c1cccc(O)c1. The Bertz CT molecular complexity index is 1010. The molecule has 1 aromatic heterocycles. The first-order chi connectivity index (χ1) is 13.0. The van der Waals surface area contributed by atoms with E-state index in [0.29, 0.717) is 33.5 Å². The highest BCUT2D eigenvalue weighted by Crippen LogP contribution is 2.22. The standard InChI is InChI=1S/C19H16Cl2N4O2/c1-12-16(10-22-23-19(27)13-6-4-7-15(26)9-13)18(21)25(24-12)11-14-5-2-3-8-17(14)20/h2-10,26H,11H2,1H3,(H,23,27)/b22-10-. The number of hydrogen-bond donors (Lipinski definition) is 2. The van der Waals surface area contributed by atoms with Gasteiger partial charge in [-0.25, -0.2) is 10.1 Å². The second-order valence-electron chi connectivity index (χ2n) is 5.79. The van der Waals surface area contributed by atoms with Crippen LogP contribution >= 0.6 is 23.2 Å². The molecule has 3 rings (SSSR count). The molecule has 0 atom stereocenters. The summed E-state index contributed by atoms with van der Waals surface area (Å²) in [6.45, 7) is 2.22. The second-order valence-corrected chi connectivity index (χ2v) is 6.55. The highest BCUT2D eigenvalue weighted by molar-refractivity contribution is 6.32. The first-order valence-electron chi connectivity index (χ1n) is 8.04. The molecule has 1 heterocycles. The third kappa shape index (κ3) is 4.48. The first kappa shape index (κ1) is 18.9. The average Bonchev–Trinajstić information content (AvgIpc) is 2.91. The van der Waals surface area contributed by atoms with E-state index in [1.807, 2.05) is 18.2 Å². The van der Waals surface area contributed by atoms with Crippen LogP contribution in [0.4, 0.5) is 0 Å². The minimum Gasteiger partial charge on any atom is -0.508 e. The molecule has 0 saturated heterocycles. The van der Waals surface area contributed by atoms with E-state index in [-0.39, 0.29) is 5.75 Å². The van der Waals surface area contributed by atoms with Crippen molar-refractivity contribution in [3.63, 3.8) is 0 Å².